The molecule has 3 aliphatic rings. The summed E-state index contributed by atoms with van der Waals surface area (Å²) in [4.78, 5) is 14.4. The molecule has 21 heavy (non-hydrogen) atoms. The number of likely N-dealkylation sites (tertiary alicyclic amines) is 1. The van der Waals surface area contributed by atoms with Crippen LogP contribution in [-0.4, -0.2) is 42.5 Å². The van der Waals surface area contributed by atoms with Gasteiger partial charge in [-0.15, -0.1) is 12.4 Å². The van der Waals surface area contributed by atoms with Gasteiger partial charge in [-0.2, -0.15) is 0 Å². The second-order valence-corrected chi connectivity index (χ2v) is 7.33. The first-order chi connectivity index (χ1) is 9.61. The van der Waals surface area contributed by atoms with E-state index in [0.29, 0.717) is 12.6 Å². The summed E-state index contributed by atoms with van der Waals surface area (Å²) >= 11 is 0. The summed E-state index contributed by atoms with van der Waals surface area (Å²) in [6, 6.07) is 0.593. The molecule has 122 valence electrons. The summed E-state index contributed by atoms with van der Waals surface area (Å²) in [5.74, 6) is 2.74. The van der Waals surface area contributed by atoms with Gasteiger partial charge in [-0.25, -0.2) is 0 Å². The van der Waals surface area contributed by atoms with Gasteiger partial charge in [0.15, 0.2) is 0 Å². The fraction of sp³-hybridized carbons (Fsp3) is 0.938. The van der Waals surface area contributed by atoms with E-state index in [1.165, 1.54) is 25.7 Å². The van der Waals surface area contributed by atoms with Crippen molar-refractivity contribution < 1.29 is 4.79 Å². The van der Waals surface area contributed by atoms with Gasteiger partial charge in [0.1, 0.15) is 0 Å². The summed E-state index contributed by atoms with van der Waals surface area (Å²) in [6.07, 6.45) is 7.77. The molecule has 0 aromatic carbocycles. The Kier molecular flexibility index (Phi) is 5.92. The fourth-order valence-corrected chi connectivity index (χ4v) is 4.75. The fourth-order valence-electron chi connectivity index (χ4n) is 4.75. The van der Waals surface area contributed by atoms with E-state index >= 15 is 0 Å². The molecule has 2 saturated carbocycles. The minimum atomic E-state index is 0. The largest absolute Gasteiger partial charge is 0.352 e. The van der Waals surface area contributed by atoms with Crippen LogP contribution in [0, 0.1) is 17.8 Å². The zero-order valence-corrected chi connectivity index (χ0v) is 13.9. The Morgan fingerprint density at radius 2 is 2.14 bits per heavy atom. The van der Waals surface area contributed by atoms with E-state index in [1.807, 2.05) is 0 Å². The lowest BCUT2D eigenvalue weighted by Crippen LogP contribution is -2.49. The van der Waals surface area contributed by atoms with Crippen molar-refractivity contribution in [2.45, 2.75) is 57.5 Å². The first-order valence-electron chi connectivity index (χ1n) is 8.39. The van der Waals surface area contributed by atoms with Gasteiger partial charge in [0, 0.05) is 18.6 Å². The number of fused-ring (bicyclic) bond motifs is 2. The molecule has 4 nitrogen and oxygen atoms in total. The quantitative estimate of drug-likeness (QED) is 0.831. The standard InChI is InChI=1S/C16H29N3O.ClH/c1-11(15-8-12-4-5-13(15)7-12)18-16(20)10-19-6-2-3-14(17)9-19;/h11-15H,2-10,17H2,1H3,(H,18,20);1H. The van der Waals surface area contributed by atoms with Crippen LogP contribution >= 0.6 is 12.4 Å². The van der Waals surface area contributed by atoms with Gasteiger partial charge in [-0.3, -0.25) is 9.69 Å². The average molecular weight is 316 g/mol. The molecule has 3 rings (SSSR count). The summed E-state index contributed by atoms with van der Waals surface area (Å²) < 4.78 is 0. The number of nitrogens with two attached hydrogens (primary N) is 1. The minimum Gasteiger partial charge on any atom is -0.352 e. The van der Waals surface area contributed by atoms with Crippen molar-refractivity contribution in [3.8, 4) is 0 Å². The molecular formula is C16H30ClN3O. The van der Waals surface area contributed by atoms with Crippen LogP contribution in [0.1, 0.15) is 45.4 Å². The van der Waals surface area contributed by atoms with E-state index in [-0.39, 0.29) is 24.4 Å². The van der Waals surface area contributed by atoms with E-state index in [9.17, 15) is 4.79 Å². The highest BCUT2D eigenvalue weighted by Gasteiger charge is 2.42. The Morgan fingerprint density at radius 1 is 1.33 bits per heavy atom. The third-order valence-corrected chi connectivity index (χ3v) is 5.73. The van der Waals surface area contributed by atoms with Crippen LogP contribution < -0.4 is 11.1 Å². The van der Waals surface area contributed by atoms with E-state index in [1.54, 1.807) is 0 Å². The number of rotatable bonds is 4. The van der Waals surface area contributed by atoms with Crippen LogP contribution in [-0.2, 0) is 4.79 Å². The molecule has 1 saturated heterocycles. The number of nitrogens with one attached hydrogen (secondary N) is 1. The summed E-state index contributed by atoms with van der Waals surface area (Å²) in [5, 5.41) is 3.25. The maximum absolute atomic E-state index is 12.2. The van der Waals surface area contributed by atoms with E-state index in [0.717, 1.165) is 43.7 Å². The second-order valence-electron chi connectivity index (χ2n) is 7.33. The van der Waals surface area contributed by atoms with Crippen molar-refractivity contribution in [3.05, 3.63) is 0 Å². The molecular weight excluding hydrogens is 286 g/mol. The molecule has 0 spiro atoms. The number of nitrogens with zero attached hydrogens (tertiary/aromatic N) is 1. The Hall–Kier alpha value is -0.320. The zero-order chi connectivity index (χ0) is 14.1. The number of carbonyl (C=O) groups excluding carboxylic acids is 1. The van der Waals surface area contributed by atoms with Crippen molar-refractivity contribution in [3.63, 3.8) is 0 Å². The van der Waals surface area contributed by atoms with Crippen LogP contribution in [0.2, 0.25) is 0 Å². The number of hydrogen-bond acceptors (Lipinski definition) is 3. The van der Waals surface area contributed by atoms with Crippen molar-refractivity contribution in [2.75, 3.05) is 19.6 Å². The Morgan fingerprint density at radius 3 is 2.76 bits per heavy atom. The number of halogens is 1. The van der Waals surface area contributed by atoms with Gasteiger partial charge in [0.25, 0.3) is 0 Å². The maximum Gasteiger partial charge on any atom is 0.234 e. The number of carbonyl (C=O) groups is 1. The highest BCUT2D eigenvalue weighted by Crippen LogP contribution is 2.49. The molecule has 2 bridgehead atoms. The van der Waals surface area contributed by atoms with Gasteiger partial charge in [-0.1, -0.05) is 6.42 Å². The van der Waals surface area contributed by atoms with Crippen LogP contribution in [0.25, 0.3) is 0 Å². The van der Waals surface area contributed by atoms with Gasteiger partial charge in [0.05, 0.1) is 6.54 Å². The van der Waals surface area contributed by atoms with Crippen LogP contribution in [0.4, 0.5) is 0 Å². The molecule has 2 aliphatic carbocycles. The van der Waals surface area contributed by atoms with Crippen molar-refractivity contribution >= 4 is 18.3 Å². The molecule has 1 amide bonds. The van der Waals surface area contributed by atoms with Crippen LogP contribution in [0.3, 0.4) is 0 Å². The van der Waals surface area contributed by atoms with Crippen molar-refractivity contribution in [2.24, 2.45) is 23.5 Å². The molecule has 3 N–H and O–H groups in total. The molecule has 5 atom stereocenters. The lowest BCUT2D eigenvalue weighted by atomic mass is 9.84. The third-order valence-electron chi connectivity index (χ3n) is 5.73. The Labute approximate surface area is 134 Å². The van der Waals surface area contributed by atoms with Gasteiger partial charge < -0.3 is 11.1 Å². The third kappa shape index (κ3) is 4.11. The first kappa shape index (κ1) is 17.0. The molecule has 0 aromatic rings. The lowest BCUT2D eigenvalue weighted by molar-refractivity contribution is -0.123. The normalized spacial score (nSPS) is 37.0. The Bertz CT molecular complexity index is 365. The number of hydrogen-bond donors (Lipinski definition) is 2. The Balaban J connectivity index is 0.00000161. The average Bonchev–Trinajstić information content (AvgIpc) is 3.00. The van der Waals surface area contributed by atoms with E-state index in [2.05, 4.69) is 17.1 Å². The van der Waals surface area contributed by atoms with Crippen molar-refractivity contribution in [1.29, 1.82) is 0 Å². The SMILES string of the molecule is CC(NC(=O)CN1CCCC(N)C1)C1CC2CCC1C2.Cl. The zero-order valence-electron chi connectivity index (χ0n) is 13.1. The highest BCUT2D eigenvalue weighted by molar-refractivity contribution is 5.85. The van der Waals surface area contributed by atoms with Gasteiger partial charge in [0.2, 0.25) is 5.91 Å². The second kappa shape index (κ2) is 7.30. The van der Waals surface area contributed by atoms with E-state index < -0.39 is 0 Å². The van der Waals surface area contributed by atoms with E-state index in [4.69, 9.17) is 5.73 Å². The van der Waals surface area contributed by atoms with Crippen molar-refractivity contribution in [1.82, 2.24) is 10.2 Å². The minimum absolute atomic E-state index is 0. The molecule has 1 heterocycles. The predicted molar refractivity (Wildman–Crippen MR) is 87.4 cm³/mol. The smallest absolute Gasteiger partial charge is 0.234 e. The van der Waals surface area contributed by atoms with Gasteiger partial charge >= 0.3 is 0 Å². The molecule has 0 aromatic heterocycles. The molecule has 5 heteroatoms. The molecule has 3 fully saturated rings. The lowest BCUT2D eigenvalue weighted by Gasteiger charge is -2.32. The summed E-state index contributed by atoms with van der Waals surface area (Å²) in [5.41, 5.74) is 5.97. The van der Waals surface area contributed by atoms with Crippen LogP contribution in [0.15, 0.2) is 0 Å². The van der Waals surface area contributed by atoms with Gasteiger partial charge in [-0.05, 0) is 63.3 Å². The summed E-state index contributed by atoms with van der Waals surface area (Å²) in [7, 11) is 0. The molecule has 0 radical (unpaired) electrons. The molecule has 5 unspecified atom stereocenters. The van der Waals surface area contributed by atoms with Crippen LogP contribution in [0.5, 0.6) is 0 Å². The number of piperidine rings is 1. The summed E-state index contributed by atoms with van der Waals surface area (Å²) in [6.45, 7) is 4.61. The molecule has 1 aliphatic heterocycles. The highest BCUT2D eigenvalue weighted by atomic mass is 35.5. The number of amides is 1. The maximum atomic E-state index is 12.2. The first-order valence-corrected chi connectivity index (χ1v) is 8.39. The topological polar surface area (TPSA) is 58.4 Å². The monoisotopic (exact) mass is 315 g/mol. The predicted octanol–water partition coefficient (Wildman–Crippen LogP) is 1.77.